The molecule has 0 bridgehead atoms. The normalized spacial score (nSPS) is 16.5. The minimum atomic E-state index is -3.52. The highest BCUT2D eigenvalue weighted by atomic mass is 32.2. The molecule has 0 amide bonds. The number of sulfonamides is 1. The van der Waals surface area contributed by atoms with Gasteiger partial charge in [0, 0.05) is 7.11 Å². The van der Waals surface area contributed by atoms with Crippen molar-refractivity contribution >= 4 is 10.0 Å². The highest BCUT2D eigenvalue weighted by Gasteiger charge is 2.28. The van der Waals surface area contributed by atoms with Crippen LogP contribution in [0.5, 0.6) is 0 Å². The zero-order chi connectivity index (χ0) is 10.5. The Morgan fingerprint density at radius 3 is 2.38 bits per heavy atom. The fourth-order valence-corrected chi connectivity index (χ4v) is 2.38. The highest BCUT2D eigenvalue weighted by molar-refractivity contribution is 7.89. The van der Waals surface area contributed by atoms with Gasteiger partial charge >= 0.3 is 0 Å². The smallest absolute Gasteiger partial charge is 0.214 e. The second-order valence-electron chi connectivity index (χ2n) is 2.83. The highest BCUT2D eigenvalue weighted by Crippen LogP contribution is 2.13. The van der Waals surface area contributed by atoms with E-state index in [1.54, 1.807) is 13.0 Å². The summed E-state index contributed by atoms with van der Waals surface area (Å²) in [5, 5.41) is 4.41. The Bertz CT molecular complexity index is 248. The third-order valence-corrected chi connectivity index (χ3v) is 3.42. The van der Waals surface area contributed by atoms with Crippen LogP contribution in [-0.4, -0.2) is 26.9 Å². The third-order valence-electron chi connectivity index (χ3n) is 1.94. The van der Waals surface area contributed by atoms with Gasteiger partial charge in [-0.3, -0.25) is 0 Å². The van der Waals surface area contributed by atoms with E-state index >= 15 is 0 Å². The Labute approximate surface area is 79.8 Å². The molecule has 0 saturated carbocycles. The summed E-state index contributed by atoms with van der Waals surface area (Å²) in [7, 11) is -2.05. The largest absolute Gasteiger partial charge is 0.380 e. The predicted octanol–water partition coefficient (Wildman–Crippen LogP) is 0.645. The van der Waals surface area contributed by atoms with Gasteiger partial charge < -0.3 is 4.74 Å². The molecule has 0 unspecified atom stereocenters. The minimum absolute atomic E-state index is 0.391. The van der Waals surface area contributed by atoms with Crippen molar-refractivity contribution in [3.63, 3.8) is 0 Å². The van der Waals surface area contributed by atoms with E-state index in [-0.39, 0.29) is 0 Å². The Kier molecular flexibility index (Phi) is 5.20. The molecule has 0 aliphatic carbocycles. The van der Waals surface area contributed by atoms with Crippen LogP contribution in [0.3, 0.4) is 0 Å². The second kappa shape index (κ2) is 5.36. The average Bonchev–Trinajstić information content (AvgIpc) is 2.01. The predicted molar refractivity (Wildman–Crippen MR) is 52.8 cm³/mol. The molecule has 0 saturated heterocycles. The van der Waals surface area contributed by atoms with Crippen LogP contribution < -0.4 is 5.14 Å². The number of ether oxygens (including phenoxy) is 1. The molecule has 0 fully saturated rings. The van der Waals surface area contributed by atoms with Crippen molar-refractivity contribution in [3.05, 3.63) is 12.7 Å². The third kappa shape index (κ3) is 3.89. The van der Waals surface area contributed by atoms with Crippen LogP contribution in [0.1, 0.15) is 19.8 Å². The summed E-state index contributed by atoms with van der Waals surface area (Å²) in [6.07, 6.45) is 2.18. The number of rotatable bonds is 6. The van der Waals surface area contributed by atoms with Crippen LogP contribution >= 0.6 is 0 Å². The maximum absolute atomic E-state index is 11.1. The molecule has 0 heterocycles. The zero-order valence-electron chi connectivity index (χ0n) is 8.06. The summed E-state index contributed by atoms with van der Waals surface area (Å²) in [5.74, 6) is 0. The molecule has 0 aromatic heterocycles. The Balaban J connectivity index is 4.62. The lowest BCUT2D eigenvalue weighted by Crippen LogP contribution is -2.39. The first-order valence-corrected chi connectivity index (χ1v) is 5.73. The molecular formula is C8H17NO3S. The van der Waals surface area contributed by atoms with Crippen molar-refractivity contribution < 1.29 is 13.2 Å². The van der Waals surface area contributed by atoms with Crippen LogP contribution in [-0.2, 0) is 14.8 Å². The fourth-order valence-electron chi connectivity index (χ4n) is 1.27. The van der Waals surface area contributed by atoms with Gasteiger partial charge in [0.25, 0.3) is 0 Å². The van der Waals surface area contributed by atoms with Crippen molar-refractivity contribution in [3.8, 4) is 0 Å². The molecule has 2 atom stereocenters. The number of hydrogen-bond acceptors (Lipinski definition) is 3. The first-order valence-electron chi connectivity index (χ1n) is 4.12. The van der Waals surface area contributed by atoms with Gasteiger partial charge in [-0.25, -0.2) is 13.6 Å². The molecule has 0 rings (SSSR count). The van der Waals surface area contributed by atoms with Gasteiger partial charge in [0.1, 0.15) is 5.25 Å². The summed E-state index contributed by atoms with van der Waals surface area (Å²) < 4.78 is 27.2. The maximum Gasteiger partial charge on any atom is 0.214 e. The average molecular weight is 207 g/mol. The van der Waals surface area contributed by atoms with Crippen molar-refractivity contribution in [2.45, 2.75) is 31.1 Å². The standard InChI is InChI=1S/C8H17NO3S/c1-4-6-7(12-3)8(5-2)13(9,10)11/h4,7-8H,1,5-6H2,2-3H3,(H2,9,10,11)/t7-,8-/m0/s1. The van der Waals surface area contributed by atoms with E-state index in [1.165, 1.54) is 7.11 Å². The van der Waals surface area contributed by atoms with Gasteiger partial charge in [0.2, 0.25) is 10.0 Å². The van der Waals surface area contributed by atoms with E-state index < -0.39 is 21.4 Å². The van der Waals surface area contributed by atoms with Crippen LogP contribution in [0.2, 0.25) is 0 Å². The van der Waals surface area contributed by atoms with E-state index in [9.17, 15) is 8.42 Å². The van der Waals surface area contributed by atoms with E-state index in [4.69, 9.17) is 9.88 Å². The lowest BCUT2D eigenvalue weighted by molar-refractivity contribution is 0.0996. The molecule has 0 spiro atoms. The van der Waals surface area contributed by atoms with Gasteiger partial charge in [-0.15, -0.1) is 6.58 Å². The Morgan fingerprint density at radius 1 is 1.62 bits per heavy atom. The van der Waals surface area contributed by atoms with Crippen molar-refractivity contribution in [1.29, 1.82) is 0 Å². The van der Waals surface area contributed by atoms with E-state index in [0.29, 0.717) is 12.8 Å². The van der Waals surface area contributed by atoms with Crippen LogP contribution in [0, 0.1) is 0 Å². The summed E-state index contributed by atoms with van der Waals surface area (Å²) in [4.78, 5) is 0. The van der Waals surface area contributed by atoms with Gasteiger partial charge in [0.15, 0.2) is 0 Å². The lowest BCUT2D eigenvalue weighted by atomic mass is 10.1. The summed E-state index contributed by atoms with van der Waals surface area (Å²) in [5.41, 5.74) is 0. The Morgan fingerprint density at radius 2 is 2.15 bits per heavy atom. The van der Waals surface area contributed by atoms with Crippen LogP contribution in [0.4, 0.5) is 0 Å². The van der Waals surface area contributed by atoms with Crippen LogP contribution in [0.25, 0.3) is 0 Å². The fraction of sp³-hybridized carbons (Fsp3) is 0.750. The van der Waals surface area contributed by atoms with Crippen molar-refractivity contribution in [2.75, 3.05) is 7.11 Å². The van der Waals surface area contributed by atoms with Crippen molar-refractivity contribution in [1.82, 2.24) is 0 Å². The van der Waals surface area contributed by atoms with Gasteiger partial charge in [-0.1, -0.05) is 13.0 Å². The number of hydrogen-bond donors (Lipinski definition) is 1. The SMILES string of the molecule is C=CC[C@H](OC)[C@H](CC)S(N)(=O)=O. The minimum Gasteiger partial charge on any atom is -0.380 e. The van der Waals surface area contributed by atoms with Gasteiger partial charge in [0.05, 0.1) is 6.10 Å². The molecule has 5 heteroatoms. The molecule has 0 aromatic carbocycles. The molecule has 13 heavy (non-hydrogen) atoms. The maximum atomic E-state index is 11.1. The first-order chi connectivity index (χ1) is 5.97. The number of nitrogens with two attached hydrogens (primary N) is 1. The summed E-state index contributed by atoms with van der Waals surface area (Å²) >= 11 is 0. The summed E-state index contributed by atoms with van der Waals surface area (Å²) in [6, 6.07) is 0. The molecular weight excluding hydrogens is 190 g/mol. The molecule has 0 aliphatic rings. The number of primary sulfonamides is 1. The molecule has 2 N–H and O–H groups in total. The first kappa shape index (κ1) is 12.6. The molecule has 0 aromatic rings. The lowest BCUT2D eigenvalue weighted by Gasteiger charge is -2.21. The monoisotopic (exact) mass is 207 g/mol. The Hall–Kier alpha value is -0.390. The van der Waals surface area contributed by atoms with E-state index in [2.05, 4.69) is 6.58 Å². The molecule has 78 valence electrons. The van der Waals surface area contributed by atoms with Crippen molar-refractivity contribution in [2.24, 2.45) is 5.14 Å². The quantitative estimate of drug-likeness (QED) is 0.650. The second-order valence-corrected chi connectivity index (χ2v) is 4.62. The zero-order valence-corrected chi connectivity index (χ0v) is 8.88. The molecule has 0 radical (unpaired) electrons. The van der Waals surface area contributed by atoms with E-state index in [0.717, 1.165) is 0 Å². The summed E-state index contributed by atoms with van der Waals surface area (Å²) in [6.45, 7) is 5.30. The molecule has 0 aliphatic heterocycles. The molecule has 4 nitrogen and oxygen atoms in total. The van der Waals surface area contributed by atoms with Crippen LogP contribution in [0.15, 0.2) is 12.7 Å². The van der Waals surface area contributed by atoms with Gasteiger partial charge in [-0.2, -0.15) is 0 Å². The topological polar surface area (TPSA) is 69.4 Å². The van der Waals surface area contributed by atoms with Gasteiger partial charge in [-0.05, 0) is 12.8 Å². The van der Waals surface area contributed by atoms with E-state index in [1.807, 2.05) is 0 Å². The number of methoxy groups -OCH3 is 1.